The second-order valence-corrected chi connectivity index (χ2v) is 7.81. The molecule has 1 aliphatic rings. The highest BCUT2D eigenvalue weighted by atomic mass is 35.5. The number of nitrogens with two attached hydrogens (primary N) is 1. The van der Waals surface area contributed by atoms with Crippen molar-refractivity contribution in [3.63, 3.8) is 0 Å². The molecule has 1 heterocycles. The molecule has 1 aliphatic carbocycles. The van der Waals surface area contributed by atoms with Crippen LogP contribution in [0.1, 0.15) is 27.2 Å². The molecular formula is C16H15ClN2O2S2. The van der Waals surface area contributed by atoms with Gasteiger partial charge in [0.15, 0.2) is 0 Å². The fourth-order valence-corrected chi connectivity index (χ4v) is 4.73. The van der Waals surface area contributed by atoms with E-state index in [1.165, 1.54) is 28.0 Å². The lowest BCUT2D eigenvalue weighted by atomic mass is 10.1. The first-order chi connectivity index (χ1) is 11.0. The van der Waals surface area contributed by atoms with Crippen molar-refractivity contribution >= 4 is 51.5 Å². The molecule has 0 fully saturated rings. The zero-order valence-corrected chi connectivity index (χ0v) is 14.6. The summed E-state index contributed by atoms with van der Waals surface area (Å²) >= 11 is 8.72. The Hall–Kier alpha value is -1.50. The monoisotopic (exact) mass is 366 g/mol. The first-order valence-corrected chi connectivity index (χ1v) is 9.35. The fraction of sp³-hybridized carbons (Fsp3) is 0.250. The van der Waals surface area contributed by atoms with Crippen LogP contribution in [0.3, 0.4) is 0 Å². The molecule has 2 amide bonds. The second kappa shape index (κ2) is 6.95. The van der Waals surface area contributed by atoms with Crippen molar-refractivity contribution in [3.8, 4) is 0 Å². The van der Waals surface area contributed by atoms with Gasteiger partial charge in [0.2, 0.25) is 5.91 Å². The number of aryl methyl sites for hydroxylation is 1. The van der Waals surface area contributed by atoms with E-state index in [-0.39, 0.29) is 11.7 Å². The minimum atomic E-state index is -0.468. The van der Waals surface area contributed by atoms with Crippen LogP contribution >= 0.6 is 34.7 Å². The lowest BCUT2D eigenvalue weighted by molar-refractivity contribution is -0.113. The molecule has 1 aromatic heterocycles. The van der Waals surface area contributed by atoms with Gasteiger partial charge in [0, 0.05) is 14.8 Å². The highest BCUT2D eigenvalue weighted by molar-refractivity contribution is 8.00. The standard InChI is InChI=1S/C16H15ClN2O2S2/c17-9-4-6-10(7-5-9)22-8-13(20)19-16-14(15(18)21)11-2-1-3-12(11)23-16/h4-7H,1-3,8H2,(H2,18,21)(H,19,20). The molecule has 0 radical (unpaired) electrons. The van der Waals surface area contributed by atoms with E-state index in [0.29, 0.717) is 15.6 Å². The van der Waals surface area contributed by atoms with Gasteiger partial charge in [0.25, 0.3) is 5.91 Å². The van der Waals surface area contributed by atoms with Crippen molar-refractivity contribution in [1.29, 1.82) is 0 Å². The molecule has 0 saturated carbocycles. The molecule has 4 nitrogen and oxygen atoms in total. The van der Waals surface area contributed by atoms with Gasteiger partial charge in [-0.2, -0.15) is 0 Å². The number of hydrogen-bond donors (Lipinski definition) is 2. The molecule has 0 saturated heterocycles. The first kappa shape index (κ1) is 16.4. The van der Waals surface area contributed by atoms with E-state index in [4.69, 9.17) is 17.3 Å². The van der Waals surface area contributed by atoms with E-state index in [9.17, 15) is 9.59 Å². The fourth-order valence-electron chi connectivity index (χ4n) is 2.60. The number of thiophene rings is 1. The first-order valence-electron chi connectivity index (χ1n) is 7.17. The van der Waals surface area contributed by atoms with Crippen molar-refractivity contribution in [2.24, 2.45) is 5.73 Å². The van der Waals surface area contributed by atoms with E-state index in [1.54, 1.807) is 12.1 Å². The summed E-state index contributed by atoms with van der Waals surface area (Å²) in [6.45, 7) is 0. The number of fused-ring (bicyclic) bond motifs is 1. The summed E-state index contributed by atoms with van der Waals surface area (Å²) in [5.74, 6) is -0.347. The Labute approximate surface area is 147 Å². The SMILES string of the molecule is NC(=O)c1c(NC(=O)CSc2ccc(Cl)cc2)sc2c1CCC2. The van der Waals surface area contributed by atoms with E-state index >= 15 is 0 Å². The average molecular weight is 367 g/mol. The van der Waals surface area contributed by atoms with Crippen LogP contribution < -0.4 is 11.1 Å². The third kappa shape index (κ3) is 3.71. The lowest BCUT2D eigenvalue weighted by Crippen LogP contribution is -2.18. The number of nitrogens with one attached hydrogen (secondary N) is 1. The number of carbonyl (C=O) groups is 2. The molecule has 0 unspecified atom stereocenters. The zero-order valence-electron chi connectivity index (χ0n) is 12.2. The summed E-state index contributed by atoms with van der Waals surface area (Å²) in [5, 5.41) is 4.09. The zero-order chi connectivity index (χ0) is 16.4. The number of primary amides is 1. The van der Waals surface area contributed by atoms with Crippen molar-refractivity contribution in [2.45, 2.75) is 24.2 Å². The van der Waals surface area contributed by atoms with E-state index in [2.05, 4.69) is 5.32 Å². The molecule has 2 aromatic rings. The van der Waals surface area contributed by atoms with Crippen LogP contribution in [0.4, 0.5) is 5.00 Å². The molecular weight excluding hydrogens is 352 g/mol. The molecule has 3 rings (SSSR count). The van der Waals surface area contributed by atoms with Gasteiger partial charge >= 0.3 is 0 Å². The lowest BCUT2D eigenvalue weighted by Gasteiger charge is -2.06. The Balaban J connectivity index is 1.66. The summed E-state index contributed by atoms with van der Waals surface area (Å²) in [6, 6.07) is 7.32. The number of anilines is 1. The third-order valence-corrected chi connectivity index (χ3v) is 6.08. The maximum atomic E-state index is 12.2. The van der Waals surface area contributed by atoms with E-state index < -0.39 is 5.91 Å². The summed E-state index contributed by atoms with van der Waals surface area (Å²) in [7, 11) is 0. The van der Waals surface area contributed by atoms with Gasteiger partial charge in [-0.1, -0.05) is 11.6 Å². The molecule has 0 aliphatic heterocycles. The van der Waals surface area contributed by atoms with Crippen molar-refractivity contribution in [3.05, 3.63) is 45.3 Å². The summed E-state index contributed by atoms with van der Waals surface area (Å²) in [4.78, 5) is 26.0. The third-order valence-electron chi connectivity index (χ3n) is 3.60. The molecule has 0 spiro atoms. The minimum absolute atomic E-state index is 0.146. The Bertz CT molecular complexity index is 756. The summed E-state index contributed by atoms with van der Waals surface area (Å²) in [6.07, 6.45) is 2.86. The van der Waals surface area contributed by atoms with Crippen LogP contribution in [0, 0.1) is 0 Å². The highest BCUT2D eigenvalue weighted by Gasteiger charge is 2.26. The molecule has 0 atom stereocenters. The number of benzene rings is 1. The maximum Gasteiger partial charge on any atom is 0.251 e. The van der Waals surface area contributed by atoms with Gasteiger partial charge in [-0.05, 0) is 49.1 Å². The Kier molecular flexibility index (Phi) is 4.94. The molecule has 23 heavy (non-hydrogen) atoms. The number of halogens is 1. The van der Waals surface area contributed by atoms with Gasteiger partial charge in [0.05, 0.1) is 11.3 Å². The Morgan fingerprint density at radius 2 is 2.00 bits per heavy atom. The molecule has 120 valence electrons. The predicted octanol–water partition coefficient (Wildman–Crippen LogP) is 3.72. The van der Waals surface area contributed by atoms with E-state index in [0.717, 1.165) is 29.7 Å². The quantitative estimate of drug-likeness (QED) is 0.792. The van der Waals surface area contributed by atoms with Crippen molar-refractivity contribution in [2.75, 3.05) is 11.1 Å². The minimum Gasteiger partial charge on any atom is -0.365 e. The van der Waals surface area contributed by atoms with Crippen LogP contribution in [0.25, 0.3) is 0 Å². The van der Waals surface area contributed by atoms with Gasteiger partial charge in [-0.3, -0.25) is 9.59 Å². The van der Waals surface area contributed by atoms with Crippen molar-refractivity contribution < 1.29 is 9.59 Å². The van der Waals surface area contributed by atoms with Crippen LogP contribution in [-0.4, -0.2) is 17.6 Å². The van der Waals surface area contributed by atoms with Gasteiger partial charge in [0.1, 0.15) is 5.00 Å². The number of hydrogen-bond acceptors (Lipinski definition) is 4. The van der Waals surface area contributed by atoms with E-state index in [1.807, 2.05) is 12.1 Å². The van der Waals surface area contributed by atoms with Crippen LogP contribution in [0.2, 0.25) is 5.02 Å². The number of amides is 2. The van der Waals surface area contributed by atoms with Crippen LogP contribution in [0.5, 0.6) is 0 Å². The molecule has 0 bridgehead atoms. The van der Waals surface area contributed by atoms with Gasteiger partial charge in [-0.25, -0.2) is 0 Å². The van der Waals surface area contributed by atoms with Crippen molar-refractivity contribution in [1.82, 2.24) is 0 Å². The van der Waals surface area contributed by atoms with Crippen LogP contribution in [-0.2, 0) is 17.6 Å². The number of carbonyl (C=O) groups excluding carboxylic acids is 2. The number of thioether (sulfide) groups is 1. The summed E-state index contributed by atoms with van der Waals surface area (Å²) < 4.78 is 0. The molecule has 7 heteroatoms. The van der Waals surface area contributed by atoms with Gasteiger partial charge < -0.3 is 11.1 Å². The topological polar surface area (TPSA) is 72.2 Å². The Morgan fingerprint density at radius 1 is 1.26 bits per heavy atom. The number of rotatable bonds is 5. The average Bonchev–Trinajstić information content (AvgIpc) is 3.06. The molecule has 3 N–H and O–H groups in total. The largest absolute Gasteiger partial charge is 0.365 e. The smallest absolute Gasteiger partial charge is 0.251 e. The van der Waals surface area contributed by atoms with Gasteiger partial charge in [-0.15, -0.1) is 23.1 Å². The normalized spacial score (nSPS) is 12.9. The predicted molar refractivity (Wildman–Crippen MR) is 95.7 cm³/mol. The Morgan fingerprint density at radius 3 is 2.70 bits per heavy atom. The maximum absolute atomic E-state index is 12.2. The summed E-state index contributed by atoms with van der Waals surface area (Å²) in [5.41, 5.74) is 7.00. The second-order valence-electron chi connectivity index (χ2n) is 5.22. The van der Waals surface area contributed by atoms with Crippen LogP contribution in [0.15, 0.2) is 29.2 Å². The molecule has 1 aromatic carbocycles. The highest BCUT2D eigenvalue weighted by Crippen LogP contribution is 2.38.